The van der Waals surface area contributed by atoms with Crippen LogP contribution in [0.5, 0.6) is 11.5 Å². The number of hydrogen-bond donors (Lipinski definition) is 1. The van der Waals surface area contributed by atoms with Gasteiger partial charge in [0.05, 0.1) is 13.7 Å². The van der Waals surface area contributed by atoms with E-state index in [2.05, 4.69) is 16.8 Å². The summed E-state index contributed by atoms with van der Waals surface area (Å²) in [5, 5.41) is 4.80. The number of nitrogens with one attached hydrogen (secondary N) is 1. The van der Waals surface area contributed by atoms with E-state index in [9.17, 15) is 13.6 Å². The van der Waals surface area contributed by atoms with Gasteiger partial charge in [-0.3, -0.25) is 0 Å². The van der Waals surface area contributed by atoms with Gasteiger partial charge in [-0.05, 0) is 62.5 Å². The van der Waals surface area contributed by atoms with Gasteiger partial charge in [0.15, 0.2) is 11.5 Å². The van der Waals surface area contributed by atoms with Gasteiger partial charge in [-0.1, -0.05) is 12.6 Å². The average molecular weight is 531 g/mol. The first-order valence-electron chi connectivity index (χ1n) is 11.7. The Morgan fingerprint density at radius 3 is 2.54 bits per heavy atom. The summed E-state index contributed by atoms with van der Waals surface area (Å²) in [5.41, 5.74) is 1.18. The number of hydrogen-bond acceptors (Lipinski definition) is 6. The Hall–Kier alpha value is -3.59. The number of alkyl carbamates (subject to hydrolysis) is 1. The average Bonchev–Trinajstić information content (AvgIpc) is 3.34. The number of benzene rings is 2. The van der Waals surface area contributed by atoms with Crippen LogP contribution in [0.3, 0.4) is 0 Å². The number of carbonyl (C=O) groups is 1. The monoisotopic (exact) mass is 530 g/mol. The molecule has 0 radical (unpaired) electrons. The molecule has 3 aromatic rings. The zero-order valence-electron chi connectivity index (χ0n) is 21.5. The number of carbonyl (C=O) groups excluding carboxylic acids is 1. The SMILES string of the molecule is C=C(c1ccc(OCc2ccc(F)cc2F)c(OC)c1)N(CCNC(=O)OC(C)(C)C)Cc1cccs1. The van der Waals surface area contributed by atoms with Crippen molar-refractivity contribution in [3.8, 4) is 11.5 Å². The van der Waals surface area contributed by atoms with E-state index in [4.69, 9.17) is 14.2 Å². The molecule has 37 heavy (non-hydrogen) atoms. The van der Waals surface area contributed by atoms with Crippen molar-refractivity contribution in [1.82, 2.24) is 10.2 Å². The molecule has 3 rings (SSSR count). The third-order valence-corrected chi connectivity index (χ3v) is 6.11. The Morgan fingerprint density at radius 2 is 1.89 bits per heavy atom. The number of methoxy groups -OCH3 is 1. The van der Waals surface area contributed by atoms with Crippen LogP contribution in [0.4, 0.5) is 13.6 Å². The maximum Gasteiger partial charge on any atom is 0.407 e. The summed E-state index contributed by atoms with van der Waals surface area (Å²) in [6.07, 6.45) is -0.477. The lowest BCUT2D eigenvalue weighted by Crippen LogP contribution is -2.37. The molecular weight excluding hydrogens is 498 g/mol. The van der Waals surface area contributed by atoms with Crippen LogP contribution < -0.4 is 14.8 Å². The van der Waals surface area contributed by atoms with Crippen LogP contribution in [0.2, 0.25) is 0 Å². The van der Waals surface area contributed by atoms with E-state index < -0.39 is 23.3 Å². The van der Waals surface area contributed by atoms with Crippen molar-refractivity contribution in [1.29, 1.82) is 0 Å². The Bertz CT molecular complexity index is 1210. The van der Waals surface area contributed by atoms with E-state index in [1.54, 1.807) is 23.5 Å². The van der Waals surface area contributed by atoms with Gasteiger partial charge in [-0.2, -0.15) is 0 Å². The van der Waals surface area contributed by atoms with E-state index in [0.717, 1.165) is 22.2 Å². The summed E-state index contributed by atoms with van der Waals surface area (Å²) < 4.78 is 43.7. The highest BCUT2D eigenvalue weighted by molar-refractivity contribution is 7.09. The normalized spacial score (nSPS) is 11.1. The molecule has 1 aromatic heterocycles. The predicted molar refractivity (Wildman–Crippen MR) is 142 cm³/mol. The molecule has 0 saturated carbocycles. The molecule has 0 bridgehead atoms. The van der Waals surface area contributed by atoms with Gasteiger partial charge in [0, 0.05) is 40.9 Å². The summed E-state index contributed by atoms with van der Waals surface area (Å²) in [5.74, 6) is -0.452. The van der Waals surface area contributed by atoms with Gasteiger partial charge in [0.25, 0.3) is 0 Å². The maximum absolute atomic E-state index is 14.0. The molecule has 9 heteroatoms. The molecule has 1 amide bonds. The zero-order chi connectivity index (χ0) is 27.0. The van der Waals surface area contributed by atoms with Gasteiger partial charge in [-0.25, -0.2) is 13.6 Å². The minimum absolute atomic E-state index is 0.0798. The number of ether oxygens (including phenoxy) is 3. The Balaban J connectivity index is 1.71. The molecule has 2 aromatic carbocycles. The Labute approximate surface area is 220 Å². The second-order valence-electron chi connectivity index (χ2n) is 9.27. The van der Waals surface area contributed by atoms with Gasteiger partial charge in [0.1, 0.15) is 23.8 Å². The van der Waals surface area contributed by atoms with Crippen LogP contribution in [-0.2, 0) is 17.9 Å². The summed E-state index contributed by atoms with van der Waals surface area (Å²) in [7, 11) is 1.52. The van der Waals surface area contributed by atoms with Crippen molar-refractivity contribution in [3.05, 3.63) is 88.1 Å². The molecule has 198 valence electrons. The lowest BCUT2D eigenvalue weighted by atomic mass is 10.1. The molecule has 0 aliphatic carbocycles. The summed E-state index contributed by atoms with van der Waals surface area (Å²) in [4.78, 5) is 15.3. The lowest BCUT2D eigenvalue weighted by Gasteiger charge is -2.27. The van der Waals surface area contributed by atoms with Gasteiger partial charge >= 0.3 is 6.09 Å². The largest absolute Gasteiger partial charge is 0.493 e. The molecule has 1 N–H and O–H groups in total. The molecule has 0 aliphatic heterocycles. The Morgan fingerprint density at radius 1 is 1.11 bits per heavy atom. The first-order chi connectivity index (χ1) is 17.6. The van der Waals surface area contributed by atoms with E-state index in [1.807, 2.05) is 44.4 Å². The summed E-state index contributed by atoms with van der Waals surface area (Å²) >= 11 is 1.63. The number of amides is 1. The fraction of sp³-hybridized carbons (Fsp3) is 0.321. The first-order valence-corrected chi connectivity index (χ1v) is 12.6. The van der Waals surface area contributed by atoms with Crippen LogP contribution in [-0.4, -0.2) is 36.8 Å². The minimum atomic E-state index is -0.673. The molecule has 0 spiro atoms. The van der Waals surface area contributed by atoms with E-state index >= 15 is 0 Å². The van der Waals surface area contributed by atoms with Gasteiger partial charge in [-0.15, -0.1) is 11.3 Å². The third kappa shape index (κ3) is 8.49. The second-order valence-corrected chi connectivity index (χ2v) is 10.3. The Kier molecular flexibility index (Phi) is 9.52. The number of halogens is 2. The molecular formula is C28H32F2N2O4S. The molecule has 0 fully saturated rings. The van der Waals surface area contributed by atoms with Crippen LogP contribution in [0.25, 0.3) is 5.70 Å². The van der Waals surface area contributed by atoms with Crippen molar-refractivity contribution in [2.24, 2.45) is 0 Å². The number of thiophene rings is 1. The van der Waals surface area contributed by atoms with Gasteiger partial charge < -0.3 is 24.4 Å². The zero-order valence-corrected chi connectivity index (χ0v) is 22.3. The molecule has 0 atom stereocenters. The van der Waals surface area contributed by atoms with Crippen molar-refractivity contribution in [2.75, 3.05) is 20.2 Å². The van der Waals surface area contributed by atoms with Crippen molar-refractivity contribution >= 4 is 23.1 Å². The highest BCUT2D eigenvalue weighted by Gasteiger charge is 2.18. The molecule has 0 saturated heterocycles. The van der Waals surface area contributed by atoms with Crippen LogP contribution in [0, 0.1) is 11.6 Å². The highest BCUT2D eigenvalue weighted by atomic mass is 32.1. The number of nitrogens with zero attached hydrogens (tertiary/aromatic N) is 1. The highest BCUT2D eigenvalue weighted by Crippen LogP contribution is 2.32. The molecule has 6 nitrogen and oxygen atoms in total. The molecule has 1 heterocycles. The topological polar surface area (TPSA) is 60.0 Å². The standard InChI is InChI=1S/C28H32F2N2O4S/c1-19(32(17-23-7-6-14-37-23)13-12-31-27(33)36-28(2,3)4)20-9-11-25(26(15-20)34-5)35-18-21-8-10-22(29)16-24(21)30/h6-11,14-16H,1,12-13,17-18H2,2-5H3,(H,31,33). The second kappa shape index (κ2) is 12.6. The fourth-order valence-corrected chi connectivity index (χ4v) is 4.17. The minimum Gasteiger partial charge on any atom is -0.493 e. The fourth-order valence-electron chi connectivity index (χ4n) is 3.45. The summed E-state index contributed by atoms with van der Waals surface area (Å²) in [6.45, 7) is 11.1. The van der Waals surface area contributed by atoms with Crippen molar-refractivity contribution in [3.63, 3.8) is 0 Å². The van der Waals surface area contributed by atoms with E-state index in [0.29, 0.717) is 31.1 Å². The van der Waals surface area contributed by atoms with Gasteiger partial charge in [0.2, 0.25) is 0 Å². The quantitative estimate of drug-likeness (QED) is 0.302. The van der Waals surface area contributed by atoms with E-state index in [1.165, 1.54) is 19.2 Å². The van der Waals surface area contributed by atoms with Crippen LogP contribution in [0.1, 0.15) is 36.8 Å². The maximum atomic E-state index is 14.0. The molecule has 0 aliphatic rings. The van der Waals surface area contributed by atoms with E-state index in [-0.39, 0.29) is 12.2 Å². The molecule has 0 unspecified atom stereocenters. The first kappa shape index (κ1) is 28.0. The smallest absolute Gasteiger partial charge is 0.407 e. The lowest BCUT2D eigenvalue weighted by molar-refractivity contribution is 0.0524. The number of rotatable bonds is 11. The summed E-state index contributed by atoms with van der Waals surface area (Å²) in [6, 6.07) is 12.7. The van der Waals surface area contributed by atoms with Crippen molar-refractivity contribution < 1.29 is 27.8 Å². The van der Waals surface area contributed by atoms with Crippen LogP contribution >= 0.6 is 11.3 Å². The van der Waals surface area contributed by atoms with Crippen LogP contribution in [0.15, 0.2) is 60.5 Å². The third-order valence-electron chi connectivity index (χ3n) is 5.25. The van der Waals surface area contributed by atoms with Crippen molar-refractivity contribution in [2.45, 2.75) is 39.5 Å². The predicted octanol–water partition coefficient (Wildman–Crippen LogP) is 6.61.